The summed E-state index contributed by atoms with van der Waals surface area (Å²) in [5.74, 6) is -2.89. The third-order valence-corrected chi connectivity index (χ3v) is 5.25. The topological polar surface area (TPSA) is 206 Å². The van der Waals surface area contributed by atoms with Crippen LogP contribution in [0, 0.1) is 0 Å². The van der Waals surface area contributed by atoms with Crippen molar-refractivity contribution in [3.05, 3.63) is 40.2 Å². The molecule has 1 aliphatic rings. The van der Waals surface area contributed by atoms with Gasteiger partial charge < -0.3 is 41.6 Å². The number of aromatic nitrogens is 2. The van der Waals surface area contributed by atoms with Crippen LogP contribution in [0.1, 0.15) is 23.2 Å². The molecule has 13 nitrogen and oxygen atoms in total. The van der Waals surface area contributed by atoms with Crippen molar-refractivity contribution in [3.8, 4) is 0 Å². The number of aliphatic carboxylic acids is 2. The Hall–Kier alpha value is -3.69. The van der Waals surface area contributed by atoms with E-state index in [0.717, 1.165) is 0 Å². The molecule has 1 amide bonds. The minimum atomic E-state index is -1.39. The number of carboxylic acids is 2. The number of carbonyl (C=O) groups is 3. The zero-order valence-electron chi connectivity index (χ0n) is 18.8. The Balaban J connectivity index is 0.00000408. The fourth-order valence-corrected chi connectivity index (χ4v) is 3.41. The fraction of sp³-hybridized carbons (Fsp3) is 0.350. The van der Waals surface area contributed by atoms with Crippen molar-refractivity contribution in [1.82, 2.24) is 15.3 Å². The number of benzene rings is 1. The van der Waals surface area contributed by atoms with E-state index in [1.807, 2.05) is 4.90 Å². The molecule has 0 saturated carbocycles. The summed E-state index contributed by atoms with van der Waals surface area (Å²) in [7, 11) is 1.78. The Morgan fingerprint density at radius 2 is 2.00 bits per heavy atom. The Bertz CT molecular complexity index is 1110. The predicted octanol–water partition coefficient (Wildman–Crippen LogP) is -4.59. The summed E-state index contributed by atoms with van der Waals surface area (Å²) < 4.78 is 0. The van der Waals surface area contributed by atoms with E-state index >= 15 is 0 Å². The van der Waals surface area contributed by atoms with Crippen LogP contribution in [0.2, 0.25) is 0 Å². The van der Waals surface area contributed by atoms with Gasteiger partial charge in [0.15, 0.2) is 5.82 Å². The van der Waals surface area contributed by atoms with Gasteiger partial charge in [0.05, 0.1) is 6.04 Å². The zero-order valence-corrected chi connectivity index (χ0v) is 18.8. The number of likely N-dealkylation sites (N-methyl/N-ethyl adjacent to an activating group) is 1. The Labute approximate surface area is 206 Å². The summed E-state index contributed by atoms with van der Waals surface area (Å²) >= 11 is 0. The second-order valence-electron chi connectivity index (χ2n) is 7.53. The number of nitrogens with two attached hydrogens (primary N) is 1. The van der Waals surface area contributed by atoms with Gasteiger partial charge in [-0.3, -0.25) is 14.6 Å². The Kier molecular flexibility index (Phi) is 8.94. The molecule has 3 rings (SSSR count). The number of fused-ring (bicyclic) bond motifs is 1. The third kappa shape index (κ3) is 6.43. The number of nitrogens with one attached hydrogen (secondary N) is 4. The summed E-state index contributed by atoms with van der Waals surface area (Å²) in [6.45, 7) is 0.998. The van der Waals surface area contributed by atoms with Gasteiger partial charge in [0.1, 0.15) is 11.7 Å². The van der Waals surface area contributed by atoms with Crippen LogP contribution >= 0.6 is 0 Å². The number of anilines is 4. The number of H-pyrrole nitrogens is 1. The first-order chi connectivity index (χ1) is 15.7. The summed E-state index contributed by atoms with van der Waals surface area (Å²) in [5.41, 5.74) is 6.56. The van der Waals surface area contributed by atoms with Crippen molar-refractivity contribution in [3.63, 3.8) is 0 Å². The molecule has 2 atom stereocenters. The van der Waals surface area contributed by atoms with Gasteiger partial charge in [-0.15, -0.1) is 0 Å². The van der Waals surface area contributed by atoms with Gasteiger partial charge in [-0.25, -0.2) is 4.79 Å². The molecule has 1 aromatic heterocycles. The van der Waals surface area contributed by atoms with E-state index in [1.165, 1.54) is 12.1 Å². The normalized spacial score (nSPS) is 15.2. The Morgan fingerprint density at radius 1 is 1.32 bits per heavy atom. The molecule has 176 valence electrons. The molecular formula is C20H24LiN7O6. The van der Waals surface area contributed by atoms with Gasteiger partial charge in [-0.1, -0.05) is 0 Å². The van der Waals surface area contributed by atoms with Crippen LogP contribution in [0.15, 0.2) is 29.1 Å². The molecule has 0 spiro atoms. The van der Waals surface area contributed by atoms with E-state index < -0.39 is 30.3 Å². The molecule has 2 unspecified atom stereocenters. The SMILES string of the molecule is CN1c2c(nc(N)[nH]c2=O)NCC1CNc1ccc(C(=O)NC(CCC(=O)[O-])C(=O)O)cc1.[Li+]. The maximum absolute atomic E-state index is 12.3. The third-order valence-electron chi connectivity index (χ3n) is 5.25. The molecule has 0 aliphatic carbocycles. The number of nitrogens with zero attached hydrogens (tertiary/aromatic N) is 2. The van der Waals surface area contributed by atoms with E-state index in [1.54, 1.807) is 19.2 Å². The molecule has 1 aromatic carbocycles. The fourth-order valence-electron chi connectivity index (χ4n) is 3.41. The number of carboxylic acid groups (broad SMARTS) is 2. The molecule has 1 aliphatic heterocycles. The van der Waals surface area contributed by atoms with E-state index in [9.17, 15) is 24.3 Å². The molecule has 0 saturated heterocycles. The van der Waals surface area contributed by atoms with Gasteiger partial charge in [0, 0.05) is 37.4 Å². The first kappa shape index (κ1) is 26.6. The molecular weight excluding hydrogens is 441 g/mol. The first-order valence-electron chi connectivity index (χ1n) is 10.1. The predicted molar refractivity (Wildman–Crippen MR) is 118 cm³/mol. The molecule has 0 bridgehead atoms. The van der Waals surface area contributed by atoms with Crippen molar-refractivity contribution >= 4 is 41.0 Å². The summed E-state index contributed by atoms with van der Waals surface area (Å²) in [6, 6.07) is 4.94. The van der Waals surface area contributed by atoms with E-state index in [0.29, 0.717) is 30.3 Å². The number of aromatic amines is 1. The monoisotopic (exact) mass is 465 g/mol. The van der Waals surface area contributed by atoms with Gasteiger partial charge in [0.25, 0.3) is 11.5 Å². The maximum atomic E-state index is 12.3. The number of rotatable bonds is 9. The number of hydrogen-bond acceptors (Lipinski definition) is 10. The summed E-state index contributed by atoms with van der Waals surface area (Å²) in [4.78, 5) is 54.7. The minimum absolute atomic E-state index is 0. The van der Waals surface area contributed by atoms with Crippen LogP contribution in [0.3, 0.4) is 0 Å². The molecule has 7 N–H and O–H groups in total. The first-order valence-corrected chi connectivity index (χ1v) is 10.1. The standard InChI is InChI=1S/C20H25N7O6.Li/c1-27-12(9-23-16-15(27)18(31)26-20(21)25-16)8-22-11-4-2-10(3-5-11)17(30)24-13(19(32)33)6-7-14(28)29;/h2-5,12-13,22H,6-9H2,1H3,(H,24,30)(H,28,29)(H,32,33)(H4,21,23,25,26,31);/q;+1/p-1. The second kappa shape index (κ2) is 11.4. The van der Waals surface area contributed by atoms with Gasteiger partial charge >= 0.3 is 24.8 Å². The van der Waals surface area contributed by atoms with Crippen LogP contribution in [-0.2, 0) is 9.59 Å². The minimum Gasteiger partial charge on any atom is -0.550 e. The molecule has 2 aromatic rings. The largest absolute Gasteiger partial charge is 1.00 e. The molecule has 2 heterocycles. The number of nitrogen functional groups attached to an aromatic ring is 1. The van der Waals surface area contributed by atoms with E-state index in [2.05, 4.69) is 25.9 Å². The number of hydrogen-bond donors (Lipinski definition) is 6. The Morgan fingerprint density at radius 3 is 2.62 bits per heavy atom. The average Bonchev–Trinajstić information content (AvgIpc) is 2.75. The van der Waals surface area contributed by atoms with Crippen molar-refractivity contribution in [2.75, 3.05) is 41.4 Å². The second-order valence-corrected chi connectivity index (χ2v) is 7.53. The van der Waals surface area contributed by atoms with Gasteiger partial charge in [-0.05, 0) is 37.1 Å². The van der Waals surface area contributed by atoms with Crippen LogP contribution in [0.25, 0.3) is 0 Å². The summed E-state index contributed by atoms with van der Waals surface area (Å²) in [6.07, 6.45) is -0.759. The molecule has 0 fully saturated rings. The van der Waals surface area contributed by atoms with Crippen LogP contribution < -0.4 is 56.1 Å². The number of carbonyl (C=O) groups excluding carboxylic acids is 2. The van der Waals surface area contributed by atoms with Crippen molar-refractivity contribution in [2.24, 2.45) is 0 Å². The van der Waals surface area contributed by atoms with E-state index in [4.69, 9.17) is 10.8 Å². The van der Waals surface area contributed by atoms with Crippen molar-refractivity contribution < 1.29 is 43.5 Å². The van der Waals surface area contributed by atoms with Gasteiger partial charge in [0.2, 0.25) is 5.95 Å². The molecule has 0 radical (unpaired) electrons. The maximum Gasteiger partial charge on any atom is 1.00 e. The molecule has 34 heavy (non-hydrogen) atoms. The van der Waals surface area contributed by atoms with Crippen LogP contribution in [-0.4, -0.2) is 65.1 Å². The quantitative estimate of drug-likeness (QED) is 0.194. The smallest absolute Gasteiger partial charge is 0.550 e. The summed E-state index contributed by atoms with van der Waals surface area (Å²) in [5, 5.41) is 28.3. The number of amides is 1. The van der Waals surface area contributed by atoms with Crippen molar-refractivity contribution in [1.29, 1.82) is 0 Å². The van der Waals surface area contributed by atoms with Gasteiger partial charge in [-0.2, -0.15) is 4.98 Å². The van der Waals surface area contributed by atoms with Crippen molar-refractivity contribution in [2.45, 2.75) is 24.9 Å². The van der Waals surface area contributed by atoms with Crippen LogP contribution in [0.4, 0.5) is 23.1 Å². The van der Waals surface area contributed by atoms with E-state index in [-0.39, 0.29) is 48.4 Å². The van der Waals surface area contributed by atoms with Crippen LogP contribution in [0.5, 0.6) is 0 Å². The zero-order chi connectivity index (χ0) is 24.1. The molecule has 14 heteroatoms. The average molecular weight is 465 g/mol.